The zero-order valence-electron chi connectivity index (χ0n) is 16.7. The minimum atomic E-state index is -0.102. The highest BCUT2D eigenvalue weighted by Crippen LogP contribution is 2.18. The molecule has 3 aromatic carbocycles. The third kappa shape index (κ3) is 3.57. The van der Waals surface area contributed by atoms with Gasteiger partial charge in [0, 0.05) is 24.0 Å². The van der Waals surface area contributed by atoms with Crippen LogP contribution in [0, 0.1) is 6.92 Å². The lowest BCUT2D eigenvalue weighted by Gasteiger charge is -2.08. The van der Waals surface area contributed by atoms with Gasteiger partial charge in [0.2, 0.25) is 0 Å². The number of aromatic nitrogens is 3. The van der Waals surface area contributed by atoms with Crippen LogP contribution in [0.4, 0.5) is 0 Å². The van der Waals surface area contributed by atoms with Gasteiger partial charge in [-0.05, 0) is 48.4 Å². The van der Waals surface area contributed by atoms with Crippen molar-refractivity contribution in [2.75, 3.05) is 0 Å². The Morgan fingerprint density at radius 3 is 2.80 bits per heavy atom. The molecule has 0 fully saturated rings. The summed E-state index contributed by atoms with van der Waals surface area (Å²) in [4.78, 5) is 20.3. The number of nitrogens with zero attached hydrogens (tertiary/aromatic N) is 2. The number of fused-ring (bicyclic) bond motifs is 2. The average Bonchev–Trinajstić information content (AvgIpc) is 3.36. The molecule has 0 unspecified atom stereocenters. The number of H-pyrrole nitrogens is 1. The van der Waals surface area contributed by atoms with E-state index in [0.29, 0.717) is 12.2 Å². The van der Waals surface area contributed by atoms with E-state index in [-0.39, 0.29) is 5.91 Å². The third-order valence-corrected chi connectivity index (χ3v) is 5.35. The molecule has 0 atom stereocenters. The normalized spacial score (nSPS) is 11.2. The first-order chi connectivity index (χ1) is 14.7. The summed E-state index contributed by atoms with van der Waals surface area (Å²) in [5.41, 5.74) is 7.08. The van der Waals surface area contributed by atoms with Gasteiger partial charge in [-0.2, -0.15) is 0 Å². The quantitative estimate of drug-likeness (QED) is 0.450. The Bertz CT molecular complexity index is 1360. The highest BCUT2D eigenvalue weighted by Gasteiger charge is 2.10. The van der Waals surface area contributed by atoms with Crippen molar-refractivity contribution in [1.29, 1.82) is 0 Å². The molecule has 0 bridgehead atoms. The highest BCUT2D eigenvalue weighted by atomic mass is 16.1. The van der Waals surface area contributed by atoms with E-state index < -0.39 is 0 Å². The smallest absolute Gasteiger partial charge is 0.267 e. The summed E-state index contributed by atoms with van der Waals surface area (Å²) >= 11 is 0. The van der Waals surface area contributed by atoms with Crippen molar-refractivity contribution < 1.29 is 4.79 Å². The van der Waals surface area contributed by atoms with E-state index in [9.17, 15) is 4.79 Å². The molecule has 2 heterocycles. The first kappa shape index (κ1) is 18.2. The summed E-state index contributed by atoms with van der Waals surface area (Å²) in [6.07, 6.45) is 1.87. The maximum Gasteiger partial charge on any atom is 0.267 e. The number of carbonyl (C=O) groups is 1. The van der Waals surface area contributed by atoms with E-state index in [4.69, 9.17) is 0 Å². The van der Waals surface area contributed by atoms with Crippen molar-refractivity contribution in [3.63, 3.8) is 0 Å². The van der Waals surface area contributed by atoms with Crippen LogP contribution in [-0.4, -0.2) is 20.4 Å². The Morgan fingerprint density at radius 1 is 1.00 bits per heavy atom. The Hall–Kier alpha value is -3.86. The van der Waals surface area contributed by atoms with Crippen LogP contribution in [0.1, 0.15) is 27.2 Å². The Morgan fingerprint density at radius 2 is 1.87 bits per heavy atom. The lowest BCUT2D eigenvalue weighted by atomic mass is 10.1. The number of rotatable bonds is 5. The minimum absolute atomic E-state index is 0.102. The van der Waals surface area contributed by atoms with Crippen LogP contribution in [0.2, 0.25) is 0 Å². The van der Waals surface area contributed by atoms with E-state index in [2.05, 4.69) is 44.1 Å². The van der Waals surface area contributed by atoms with Crippen LogP contribution in [0.15, 0.2) is 79.1 Å². The molecule has 0 spiro atoms. The van der Waals surface area contributed by atoms with Crippen LogP contribution in [0.3, 0.4) is 0 Å². The molecule has 0 radical (unpaired) electrons. The van der Waals surface area contributed by atoms with Gasteiger partial charge in [0.05, 0.1) is 17.4 Å². The van der Waals surface area contributed by atoms with E-state index in [0.717, 1.165) is 34.0 Å². The number of aromatic amines is 1. The summed E-state index contributed by atoms with van der Waals surface area (Å²) in [7, 11) is 0. The molecule has 1 amide bonds. The Kier molecular flexibility index (Phi) is 4.56. The van der Waals surface area contributed by atoms with Crippen molar-refractivity contribution in [2.24, 2.45) is 0 Å². The lowest BCUT2D eigenvalue weighted by molar-refractivity contribution is 0.0946. The van der Waals surface area contributed by atoms with Crippen molar-refractivity contribution >= 4 is 27.8 Å². The molecule has 5 heteroatoms. The molecule has 2 N–H and O–H groups in total. The fraction of sp³-hybridized carbons (Fsp3) is 0.120. The van der Waals surface area contributed by atoms with Crippen LogP contribution in [0.5, 0.6) is 0 Å². The number of hydrogen-bond donors (Lipinski definition) is 2. The van der Waals surface area contributed by atoms with Gasteiger partial charge in [0.25, 0.3) is 5.91 Å². The number of carbonyl (C=O) groups excluding carboxylic acids is 1. The van der Waals surface area contributed by atoms with Crippen LogP contribution in [-0.2, 0) is 13.1 Å². The summed E-state index contributed by atoms with van der Waals surface area (Å²) < 4.78 is 2.14. The number of aryl methyl sites for hydroxylation is 1. The van der Waals surface area contributed by atoms with Gasteiger partial charge < -0.3 is 14.9 Å². The van der Waals surface area contributed by atoms with E-state index in [1.165, 1.54) is 11.1 Å². The van der Waals surface area contributed by atoms with Crippen molar-refractivity contribution in [2.45, 2.75) is 20.0 Å². The second-order valence-electron chi connectivity index (χ2n) is 7.64. The molecule has 0 aliphatic heterocycles. The molecule has 30 heavy (non-hydrogen) atoms. The second kappa shape index (κ2) is 7.52. The van der Waals surface area contributed by atoms with Crippen LogP contribution in [0.25, 0.3) is 21.9 Å². The molecule has 2 aromatic heterocycles. The van der Waals surface area contributed by atoms with Gasteiger partial charge in [0.15, 0.2) is 0 Å². The van der Waals surface area contributed by atoms with Crippen LogP contribution >= 0.6 is 0 Å². The number of benzene rings is 3. The molecule has 0 aliphatic carbocycles. The zero-order chi connectivity index (χ0) is 20.5. The molecule has 0 saturated carbocycles. The van der Waals surface area contributed by atoms with Gasteiger partial charge in [-0.15, -0.1) is 0 Å². The SMILES string of the molecule is Cc1ccc2[nH]c(C(=O)NCc3cccc(Cn4cnc5ccccc54)c3)cc2c1. The third-order valence-electron chi connectivity index (χ3n) is 5.35. The van der Waals surface area contributed by atoms with Crippen LogP contribution < -0.4 is 5.32 Å². The van der Waals surface area contributed by atoms with Gasteiger partial charge in [0.1, 0.15) is 5.69 Å². The maximum absolute atomic E-state index is 12.6. The number of imidazole rings is 1. The standard InChI is InChI=1S/C25H22N4O/c1-17-9-10-21-20(11-17)13-23(28-21)25(30)26-14-18-5-4-6-19(12-18)15-29-16-27-22-7-2-3-8-24(22)29/h2-13,16,28H,14-15H2,1H3,(H,26,30). The number of amides is 1. The van der Waals surface area contributed by atoms with E-state index in [1.807, 2.05) is 61.8 Å². The molecule has 0 aliphatic rings. The van der Waals surface area contributed by atoms with Gasteiger partial charge >= 0.3 is 0 Å². The van der Waals surface area contributed by atoms with E-state index >= 15 is 0 Å². The highest BCUT2D eigenvalue weighted by molar-refractivity contribution is 5.98. The molecule has 5 aromatic rings. The van der Waals surface area contributed by atoms with Gasteiger partial charge in [-0.1, -0.05) is 48.0 Å². The summed E-state index contributed by atoms with van der Waals surface area (Å²) in [6, 6.07) is 24.4. The van der Waals surface area contributed by atoms with E-state index in [1.54, 1.807) is 0 Å². The first-order valence-electron chi connectivity index (χ1n) is 10.0. The predicted octanol–water partition coefficient (Wildman–Crippen LogP) is 4.80. The number of para-hydroxylation sites is 2. The molecule has 5 rings (SSSR count). The summed E-state index contributed by atoms with van der Waals surface area (Å²) in [6.45, 7) is 3.27. The molecular formula is C25H22N4O. The lowest BCUT2D eigenvalue weighted by Crippen LogP contribution is -2.23. The fourth-order valence-electron chi connectivity index (χ4n) is 3.82. The van der Waals surface area contributed by atoms with Gasteiger partial charge in [-0.25, -0.2) is 4.98 Å². The zero-order valence-corrected chi connectivity index (χ0v) is 16.7. The molecule has 5 nitrogen and oxygen atoms in total. The molecular weight excluding hydrogens is 372 g/mol. The Labute approximate surface area is 174 Å². The fourth-order valence-corrected chi connectivity index (χ4v) is 3.82. The predicted molar refractivity (Wildman–Crippen MR) is 119 cm³/mol. The van der Waals surface area contributed by atoms with Gasteiger partial charge in [-0.3, -0.25) is 4.79 Å². The molecule has 0 saturated heterocycles. The topological polar surface area (TPSA) is 62.7 Å². The number of nitrogens with one attached hydrogen (secondary N) is 2. The largest absolute Gasteiger partial charge is 0.351 e. The van der Waals surface area contributed by atoms with Crippen molar-refractivity contribution in [3.8, 4) is 0 Å². The van der Waals surface area contributed by atoms with Crippen molar-refractivity contribution in [1.82, 2.24) is 19.9 Å². The maximum atomic E-state index is 12.6. The Balaban J connectivity index is 1.29. The first-order valence-corrected chi connectivity index (χ1v) is 10.0. The number of hydrogen-bond acceptors (Lipinski definition) is 2. The van der Waals surface area contributed by atoms with Crippen molar-refractivity contribution in [3.05, 3.63) is 102 Å². The summed E-state index contributed by atoms with van der Waals surface area (Å²) in [5.74, 6) is -0.102. The second-order valence-corrected chi connectivity index (χ2v) is 7.64. The summed E-state index contributed by atoms with van der Waals surface area (Å²) in [5, 5.41) is 4.07. The monoisotopic (exact) mass is 394 g/mol. The minimum Gasteiger partial charge on any atom is -0.351 e. The molecule has 148 valence electrons. The average molecular weight is 394 g/mol.